The van der Waals surface area contributed by atoms with Crippen molar-refractivity contribution in [1.82, 2.24) is 10.2 Å². The van der Waals surface area contributed by atoms with Gasteiger partial charge in [0.2, 0.25) is 18.4 Å². The number of rotatable bonds is 6. The van der Waals surface area contributed by atoms with Gasteiger partial charge in [-0.15, -0.1) is 0 Å². The molecule has 2 aromatic carbocycles. The fourth-order valence-electron chi connectivity index (χ4n) is 4.62. The number of hydrogen-bond acceptors (Lipinski definition) is 7. The van der Waals surface area contributed by atoms with Gasteiger partial charge in [0.25, 0.3) is 11.8 Å². The van der Waals surface area contributed by atoms with Gasteiger partial charge in [0.15, 0.2) is 11.5 Å². The molecule has 2 aromatic rings. The first-order valence-electron chi connectivity index (χ1n) is 11.7. The van der Waals surface area contributed by atoms with Crippen LogP contribution in [-0.2, 0) is 20.8 Å². The van der Waals surface area contributed by atoms with E-state index in [0.717, 1.165) is 21.6 Å². The molecule has 194 valence electrons. The van der Waals surface area contributed by atoms with Gasteiger partial charge >= 0.3 is 6.03 Å². The molecule has 0 saturated carbocycles. The Morgan fingerprint density at radius 3 is 2.43 bits per heavy atom. The summed E-state index contributed by atoms with van der Waals surface area (Å²) >= 11 is 0. The van der Waals surface area contributed by atoms with Gasteiger partial charge in [0, 0.05) is 26.1 Å². The highest BCUT2D eigenvalue weighted by Gasteiger charge is 2.39. The number of imide groups is 2. The smallest absolute Gasteiger partial charge is 0.335 e. The van der Waals surface area contributed by atoms with Crippen molar-refractivity contribution in [2.75, 3.05) is 32.4 Å². The molecule has 1 N–H and O–H groups in total. The molecule has 2 aliphatic rings. The van der Waals surface area contributed by atoms with Crippen LogP contribution >= 0.6 is 0 Å². The number of benzene rings is 2. The molecule has 0 unspecified atom stereocenters. The molecule has 4 rings (SSSR count). The SMILES string of the molecule is COc1c(/C=C2/C(=O)NC(=O)N(c3c(C)cc(C)cc3C)C2=O)c(CCN(C)C(C)=O)cc2c1OCO2. The second kappa shape index (κ2) is 9.96. The number of fused-ring (bicyclic) bond motifs is 1. The summed E-state index contributed by atoms with van der Waals surface area (Å²) in [7, 11) is 3.13. The number of urea groups is 1. The number of ether oxygens (including phenoxy) is 3. The molecule has 0 aromatic heterocycles. The molecule has 10 heteroatoms. The van der Waals surface area contributed by atoms with Gasteiger partial charge in [-0.1, -0.05) is 17.7 Å². The predicted molar refractivity (Wildman–Crippen MR) is 136 cm³/mol. The quantitative estimate of drug-likeness (QED) is 0.472. The van der Waals surface area contributed by atoms with E-state index in [2.05, 4.69) is 5.32 Å². The Morgan fingerprint density at radius 2 is 1.81 bits per heavy atom. The zero-order valence-corrected chi connectivity index (χ0v) is 21.7. The van der Waals surface area contributed by atoms with Gasteiger partial charge in [0.1, 0.15) is 5.57 Å². The van der Waals surface area contributed by atoms with Crippen LogP contribution in [0.3, 0.4) is 0 Å². The Labute approximate surface area is 214 Å². The van der Waals surface area contributed by atoms with Crippen molar-refractivity contribution in [3.63, 3.8) is 0 Å². The van der Waals surface area contributed by atoms with Crippen LogP contribution < -0.4 is 24.4 Å². The Morgan fingerprint density at radius 1 is 1.14 bits per heavy atom. The molecule has 1 fully saturated rings. The molecular formula is C27H29N3O7. The van der Waals surface area contributed by atoms with E-state index in [9.17, 15) is 19.2 Å². The first-order chi connectivity index (χ1) is 17.5. The third kappa shape index (κ3) is 4.74. The number of aryl methyl sites for hydroxylation is 3. The number of carbonyl (C=O) groups is 4. The number of hydrogen-bond donors (Lipinski definition) is 1. The van der Waals surface area contributed by atoms with Crippen LogP contribution in [0.5, 0.6) is 17.2 Å². The molecule has 0 radical (unpaired) electrons. The summed E-state index contributed by atoms with van der Waals surface area (Å²) in [4.78, 5) is 53.7. The van der Waals surface area contributed by atoms with E-state index in [1.54, 1.807) is 31.9 Å². The van der Waals surface area contributed by atoms with Crippen molar-refractivity contribution >= 4 is 35.5 Å². The standard InChI is InChI=1S/C27H29N3O7/c1-14-9-15(2)22(16(3)10-14)30-26(33)20(25(32)28-27(30)34)12-19-18(7-8-29(5)17(4)31)11-21-24(23(19)35-6)37-13-36-21/h9-12H,7-8,13H2,1-6H3,(H,28,32,34)/b20-12-. The molecule has 1 saturated heterocycles. The molecule has 10 nitrogen and oxygen atoms in total. The Kier molecular flexibility index (Phi) is 6.93. The molecular weight excluding hydrogens is 478 g/mol. The maximum absolute atomic E-state index is 13.7. The van der Waals surface area contributed by atoms with E-state index in [-0.39, 0.29) is 24.0 Å². The molecule has 2 aliphatic heterocycles. The lowest BCUT2D eigenvalue weighted by Crippen LogP contribution is -2.54. The van der Waals surface area contributed by atoms with Crippen LogP contribution in [0.4, 0.5) is 10.5 Å². The summed E-state index contributed by atoms with van der Waals surface area (Å²) in [5.41, 5.74) is 3.72. The second-order valence-corrected chi connectivity index (χ2v) is 9.11. The minimum absolute atomic E-state index is 0.00776. The summed E-state index contributed by atoms with van der Waals surface area (Å²) in [6, 6.07) is 4.66. The van der Waals surface area contributed by atoms with Crippen LogP contribution in [0, 0.1) is 20.8 Å². The van der Waals surface area contributed by atoms with Gasteiger partial charge in [-0.3, -0.25) is 19.7 Å². The third-order valence-corrected chi connectivity index (χ3v) is 6.45. The van der Waals surface area contributed by atoms with Gasteiger partial charge < -0.3 is 19.1 Å². The van der Waals surface area contributed by atoms with E-state index in [4.69, 9.17) is 14.2 Å². The van der Waals surface area contributed by atoms with Gasteiger partial charge in [-0.25, -0.2) is 9.69 Å². The highest BCUT2D eigenvalue weighted by atomic mass is 16.7. The average molecular weight is 508 g/mol. The van der Waals surface area contributed by atoms with Crippen molar-refractivity contribution in [2.45, 2.75) is 34.1 Å². The minimum atomic E-state index is -0.819. The fourth-order valence-corrected chi connectivity index (χ4v) is 4.62. The Hall–Kier alpha value is -4.34. The van der Waals surface area contributed by atoms with E-state index in [0.29, 0.717) is 41.3 Å². The van der Waals surface area contributed by atoms with E-state index in [1.165, 1.54) is 20.1 Å². The maximum Gasteiger partial charge on any atom is 0.335 e. The van der Waals surface area contributed by atoms with Crippen molar-refractivity contribution in [2.24, 2.45) is 0 Å². The number of nitrogens with one attached hydrogen (secondary N) is 1. The van der Waals surface area contributed by atoms with Crippen molar-refractivity contribution in [3.8, 4) is 17.2 Å². The van der Waals surface area contributed by atoms with Gasteiger partial charge in [-0.2, -0.15) is 0 Å². The maximum atomic E-state index is 13.7. The van der Waals surface area contributed by atoms with Crippen LogP contribution in [0.25, 0.3) is 6.08 Å². The predicted octanol–water partition coefficient (Wildman–Crippen LogP) is 3.04. The second-order valence-electron chi connectivity index (χ2n) is 9.11. The zero-order chi connectivity index (χ0) is 27.0. The van der Waals surface area contributed by atoms with E-state index < -0.39 is 17.8 Å². The number of barbiturate groups is 1. The first-order valence-corrected chi connectivity index (χ1v) is 11.7. The lowest BCUT2D eigenvalue weighted by atomic mass is 9.97. The molecule has 0 bridgehead atoms. The van der Waals surface area contributed by atoms with Crippen LogP contribution in [0.2, 0.25) is 0 Å². The average Bonchev–Trinajstić information content (AvgIpc) is 3.29. The third-order valence-electron chi connectivity index (χ3n) is 6.45. The van der Waals surface area contributed by atoms with Crippen molar-refractivity contribution < 1.29 is 33.4 Å². The monoisotopic (exact) mass is 507 g/mol. The number of anilines is 1. The minimum Gasteiger partial charge on any atom is -0.492 e. The normalized spacial score (nSPS) is 15.8. The van der Waals surface area contributed by atoms with E-state index >= 15 is 0 Å². The fraction of sp³-hybridized carbons (Fsp3) is 0.333. The highest BCUT2D eigenvalue weighted by molar-refractivity contribution is 6.39. The largest absolute Gasteiger partial charge is 0.492 e. The summed E-state index contributed by atoms with van der Waals surface area (Å²) in [6.45, 7) is 7.37. The number of nitrogens with zero attached hydrogens (tertiary/aromatic N) is 2. The number of likely N-dealkylation sites (N-methyl/N-ethyl adjacent to an activating group) is 1. The summed E-state index contributed by atoms with van der Waals surface area (Å²) in [5, 5.41) is 2.28. The Bertz CT molecular complexity index is 1340. The summed E-state index contributed by atoms with van der Waals surface area (Å²) in [6.07, 6.45) is 1.79. The summed E-state index contributed by atoms with van der Waals surface area (Å²) < 4.78 is 16.8. The first kappa shape index (κ1) is 25.7. The number of carbonyl (C=O) groups excluding carboxylic acids is 4. The molecule has 0 atom stereocenters. The van der Waals surface area contributed by atoms with Gasteiger partial charge in [0.05, 0.1) is 12.8 Å². The molecule has 2 heterocycles. The van der Waals surface area contributed by atoms with Gasteiger partial charge in [-0.05, 0) is 56.0 Å². The molecule has 0 aliphatic carbocycles. The van der Waals surface area contributed by atoms with Crippen LogP contribution in [-0.4, -0.2) is 56.1 Å². The lowest BCUT2D eigenvalue weighted by Gasteiger charge is -2.29. The van der Waals surface area contributed by atoms with Crippen LogP contribution in [0.15, 0.2) is 23.8 Å². The zero-order valence-electron chi connectivity index (χ0n) is 21.7. The van der Waals surface area contributed by atoms with Crippen LogP contribution in [0.1, 0.15) is 34.7 Å². The molecule has 0 spiro atoms. The Balaban J connectivity index is 1.84. The van der Waals surface area contributed by atoms with E-state index in [1.807, 2.05) is 19.1 Å². The lowest BCUT2D eigenvalue weighted by molar-refractivity contribution is -0.127. The van der Waals surface area contributed by atoms with Crippen molar-refractivity contribution in [3.05, 3.63) is 51.6 Å². The number of methoxy groups -OCH3 is 1. The molecule has 37 heavy (non-hydrogen) atoms. The molecule has 5 amide bonds. The highest BCUT2D eigenvalue weighted by Crippen LogP contribution is 2.46. The number of amides is 5. The summed E-state index contributed by atoms with van der Waals surface area (Å²) in [5.74, 6) is -0.584. The topological polar surface area (TPSA) is 114 Å². The van der Waals surface area contributed by atoms with Crippen molar-refractivity contribution in [1.29, 1.82) is 0 Å².